The first-order valence-corrected chi connectivity index (χ1v) is 4.76. The third-order valence-electron chi connectivity index (χ3n) is 1.84. The van der Waals surface area contributed by atoms with E-state index in [4.69, 9.17) is 9.05 Å². The average Bonchev–Trinajstić information content (AvgIpc) is 2.83. The zero-order valence-electron chi connectivity index (χ0n) is 8.65. The van der Waals surface area contributed by atoms with E-state index in [0.29, 0.717) is 24.0 Å². The van der Waals surface area contributed by atoms with E-state index in [0.717, 1.165) is 12.2 Å². The summed E-state index contributed by atoms with van der Waals surface area (Å²) in [7, 11) is 0. The van der Waals surface area contributed by atoms with Crippen LogP contribution in [0.2, 0.25) is 0 Å². The van der Waals surface area contributed by atoms with Crippen molar-refractivity contribution in [1.29, 1.82) is 0 Å². The predicted octanol–water partition coefficient (Wildman–Crippen LogP) is 1.14. The zero-order valence-corrected chi connectivity index (χ0v) is 8.65. The minimum atomic E-state index is 0.364. The summed E-state index contributed by atoms with van der Waals surface area (Å²) in [6.45, 7) is 5.31. The summed E-state index contributed by atoms with van der Waals surface area (Å²) >= 11 is 0. The van der Waals surface area contributed by atoms with Gasteiger partial charge in [-0.1, -0.05) is 17.2 Å². The number of nitrogens with zero attached hydrogens (tertiary/aromatic N) is 3. The van der Waals surface area contributed by atoms with E-state index < -0.39 is 0 Å². The summed E-state index contributed by atoms with van der Waals surface area (Å²) < 4.78 is 10.0. The fourth-order valence-corrected chi connectivity index (χ4v) is 1.13. The molecule has 6 nitrogen and oxygen atoms in total. The minimum absolute atomic E-state index is 0.364. The van der Waals surface area contributed by atoms with Crippen molar-refractivity contribution in [2.24, 2.45) is 0 Å². The SMILES string of the molecule is CCNCc1noc(-c2cc(C)no2)n1. The van der Waals surface area contributed by atoms with Crippen LogP contribution >= 0.6 is 0 Å². The standard InChI is InChI=1S/C9H12N4O2/c1-3-10-5-8-11-9(15-13-8)7-4-6(2)12-14-7/h4,10H,3,5H2,1-2H3. The first-order valence-electron chi connectivity index (χ1n) is 4.76. The Labute approximate surface area is 86.6 Å². The molecule has 0 saturated carbocycles. The van der Waals surface area contributed by atoms with E-state index >= 15 is 0 Å². The Balaban J connectivity index is 2.13. The quantitative estimate of drug-likeness (QED) is 0.811. The van der Waals surface area contributed by atoms with Gasteiger partial charge in [0.1, 0.15) is 0 Å². The van der Waals surface area contributed by atoms with Crippen LogP contribution < -0.4 is 5.32 Å². The van der Waals surface area contributed by atoms with E-state index in [9.17, 15) is 0 Å². The number of aryl methyl sites for hydroxylation is 1. The van der Waals surface area contributed by atoms with E-state index in [1.165, 1.54) is 0 Å². The van der Waals surface area contributed by atoms with Gasteiger partial charge in [0.05, 0.1) is 12.2 Å². The van der Waals surface area contributed by atoms with Crippen LogP contribution in [0.15, 0.2) is 15.1 Å². The molecule has 2 heterocycles. The summed E-state index contributed by atoms with van der Waals surface area (Å²) in [5.74, 6) is 1.48. The molecule has 0 fully saturated rings. The molecule has 0 aliphatic carbocycles. The molecule has 0 unspecified atom stereocenters. The van der Waals surface area contributed by atoms with Crippen LogP contribution in [0.4, 0.5) is 0 Å². The molecule has 2 rings (SSSR count). The van der Waals surface area contributed by atoms with Gasteiger partial charge in [-0.05, 0) is 13.5 Å². The normalized spacial score (nSPS) is 10.8. The van der Waals surface area contributed by atoms with Gasteiger partial charge in [-0.25, -0.2) is 0 Å². The second-order valence-corrected chi connectivity index (χ2v) is 3.13. The summed E-state index contributed by atoms with van der Waals surface area (Å²) in [5.41, 5.74) is 0.788. The summed E-state index contributed by atoms with van der Waals surface area (Å²) in [4.78, 5) is 4.16. The number of hydrogen-bond acceptors (Lipinski definition) is 6. The molecule has 1 N–H and O–H groups in total. The molecule has 2 aromatic rings. The lowest BCUT2D eigenvalue weighted by Gasteiger charge is -1.91. The largest absolute Gasteiger partial charge is 0.351 e. The molecular weight excluding hydrogens is 196 g/mol. The second-order valence-electron chi connectivity index (χ2n) is 3.13. The Morgan fingerprint density at radius 1 is 1.33 bits per heavy atom. The van der Waals surface area contributed by atoms with Crippen molar-refractivity contribution >= 4 is 0 Å². The van der Waals surface area contributed by atoms with Gasteiger partial charge in [0.25, 0.3) is 5.89 Å². The van der Waals surface area contributed by atoms with Crippen molar-refractivity contribution in [2.45, 2.75) is 20.4 Å². The number of aromatic nitrogens is 3. The van der Waals surface area contributed by atoms with Crippen LogP contribution in [0.3, 0.4) is 0 Å². The highest BCUT2D eigenvalue weighted by molar-refractivity contribution is 5.43. The lowest BCUT2D eigenvalue weighted by Crippen LogP contribution is -2.12. The summed E-state index contributed by atoms with van der Waals surface area (Å²) in [6, 6.07) is 1.75. The molecule has 0 aliphatic rings. The monoisotopic (exact) mass is 208 g/mol. The van der Waals surface area contributed by atoms with E-state index in [-0.39, 0.29) is 0 Å². The third kappa shape index (κ3) is 2.21. The maximum absolute atomic E-state index is 5.03. The topological polar surface area (TPSA) is 77.0 Å². The molecular formula is C9H12N4O2. The molecule has 0 atom stereocenters. The molecule has 0 spiro atoms. The molecule has 0 aliphatic heterocycles. The predicted molar refractivity (Wildman–Crippen MR) is 51.9 cm³/mol. The van der Waals surface area contributed by atoms with Crippen LogP contribution in [-0.2, 0) is 6.54 Å². The van der Waals surface area contributed by atoms with Gasteiger partial charge in [0, 0.05) is 6.07 Å². The molecule has 2 aromatic heterocycles. The van der Waals surface area contributed by atoms with Crippen LogP contribution in [-0.4, -0.2) is 21.8 Å². The second kappa shape index (κ2) is 4.22. The molecule has 0 bridgehead atoms. The van der Waals surface area contributed by atoms with Crippen molar-refractivity contribution in [3.63, 3.8) is 0 Å². The fourth-order valence-electron chi connectivity index (χ4n) is 1.13. The van der Waals surface area contributed by atoms with E-state index in [1.807, 2.05) is 13.8 Å². The van der Waals surface area contributed by atoms with Crippen molar-refractivity contribution in [3.05, 3.63) is 17.6 Å². The Hall–Kier alpha value is -1.69. The van der Waals surface area contributed by atoms with Crippen molar-refractivity contribution in [2.75, 3.05) is 6.54 Å². The van der Waals surface area contributed by atoms with Crippen LogP contribution in [0.25, 0.3) is 11.7 Å². The number of rotatable bonds is 4. The maximum Gasteiger partial charge on any atom is 0.296 e. The Kier molecular flexibility index (Phi) is 2.77. The lowest BCUT2D eigenvalue weighted by atomic mass is 10.4. The third-order valence-corrected chi connectivity index (χ3v) is 1.84. The molecule has 0 amide bonds. The van der Waals surface area contributed by atoms with Gasteiger partial charge in [0.15, 0.2) is 5.82 Å². The van der Waals surface area contributed by atoms with Gasteiger partial charge < -0.3 is 14.4 Å². The van der Waals surface area contributed by atoms with Gasteiger partial charge >= 0.3 is 0 Å². The highest BCUT2D eigenvalue weighted by Gasteiger charge is 2.12. The first-order chi connectivity index (χ1) is 7.29. The molecule has 0 radical (unpaired) electrons. The summed E-state index contributed by atoms with van der Waals surface area (Å²) in [5, 5.41) is 10.7. The molecule has 80 valence electrons. The highest BCUT2D eigenvalue weighted by atomic mass is 16.5. The fraction of sp³-hybridized carbons (Fsp3) is 0.444. The number of nitrogens with one attached hydrogen (secondary N) is 1. The molecule has 0 aromatic carbocycles. The highest BCUT2D eigenvalue weighted by Crippen LogP contribution is 2.17. The van der Waals surface area contributed by atoms with Crippen molar-refractivity contribution < 1.29 is 9.05 Å². The van der Waals surface area contributed by atoms with Crippen LogP contribution in [0.1, 0.15) is 18.4 Å². The lowest BCUT2D eigenvalue weighted by molar-refractivity contribution is 0.379. The van der Waals surface area contributed by atoms with Gasteiger partial charge in [-0.15, -0.1) is 0 Å². The Morgan fingerprint density at radius 3 is 2.87 bits per heavy atom. The molecule has 6 heteroatoms. The van der Waals surface area contributed by atoms with Gasteiger partial charge in [0.2, 0.25) is 5.76 Å². The molecule has 0 saturated heterocycles. The Morgan fingerprint density at radius 2 is 2.20 bits per heavy atom. The van der Waals surface area contributed by atoms with E-state index in [1.54, 1.807) is 6.07 Å². The van der Waals surface area contributed by atoms with Crippen LogP contribution in [0.5, 0.6) is 0 Å². The Bertz CT molecular complexity index is 435. The van der Waals surface area contributed by atoms with Gasteiger partial charge in [-0.2, -0.15) is 4.98 Å². The summed E-state index contributed by atoms with van der Waals surface area (Å²) in [6.07, 6.45) is 0. The van der Waals surface area contributed by atoms with Crippen molar-refractivity contribution in [3.8, 4) is 11.7 Å². The van der Waals surface area contributed by atoms with Gasteiger partial charge in [-0.3, -0.25) is 0 Å². The zero-order chi connectivity index (χ0) is 10.7. The average molecular weight is 208 g/mol. The minimum Gasteiger partial charge on any atom is -0.351 e. The smallest absolute Gasteiger partial charge is 0.296 e. The van der Waals surface area contributed by atoms with Crippen LogP contribution in [0, 0.1) is 6.92 Å². The maximum atomic E-state index is 5.03. The van der Waals surface area contributed by atoms with Crippen molar-refractivity contribution in [1.82, 2.24) is 20.6 Å². The molecule has 15 heavy (non-hydrogen) atoms. The number of hydrogen-bond donors (Lipinski definition) is 1. The first kappa shape index (κ1) is 9.85. The van der Waals surface area contributed by atoms with E-state index in [2.05, 4.69) is 20.6 Å².